The van der Waals surface area contributed by atoms with Gasteiger partial charge < -0.3 is 11.1 Å². The number of nitrogens with two attached hydrogens (primary N) is 1. The van der Waals surface area contributed by atoms with Gasteiger partial charge in [-0.1, -0.05) is 37.1 Å². The van der Waals surface area contributed by atoms with Crippen LogP contribution in [0.4, 0.5) is 0 Å². The Morgan fingerprint density at radius 1 is 1.24 bits per heavy atom. The van der Waals surface area contributed by atoms with Crippen LogP contribution in [-0.4, -0.2) is 27.3 Å². The van der Waals surface area contributed by atoms with Gasteiger partial charge in [0.05, 0.1) is 23.3 Å². The van der Waals surface area contributed by atoms with Crippen LogP contribution < -0.4 is 16.6 Å². The molecule has 1 aliphatic rings. The van der Waals surface area contributed by atoms with E-state index >= 15 is 0 Å². The fourth-order valence-corrected chi connectivity index (χ4v) is 3.66. The molecule has 0 radical (unpaired) electrons. The number of rotatable bonds is 6. The van der Waals surface area contributed by atoms with Crippen molar-refractivity contribution in [1.29, 1.82) is 5.26 Å². The molecule has 29 heavy (non-hydrogen) atoms. The lowest BCUT2D eigenvalue weighted by Crippen LogP contribution is -2.54. The first-order valence-corrected chi connectivity index (χ1v) is 10.0. The summed E-state index contributed by atoms with van der Waals surface area (Å²) in [4.78, 5) is 24.3. The molecule has 3 N–H and O–H groups in total. The Kier molecular flexibility index (Phi) is 6.14. The Bertz CT molecular complexity index is 966. The highest BCUT2D eigenvalue weighted by atomic mass is 16.2. The number of benzene rings is 1. The number of carbonyl (C=O) groups excluding carboxylic acids is 1. The van der Waals surface area contributed by atoms with Gasteiger partial charge in [-0.3, -0.25) is 9.59 Å². The standard InChI is InChI=1S/C22H27N5O2/c1-15(2)27-20(28)10-9-19(26-27)17-7-5-16(6-8-17)13-18(14-23)25-21(29)22(24)11-3-4-12-22/h5-10,15,18H,3-4,11-13,24H2,1-2H3,(H,25,29)/t18-/m0/s1. The Balaban J connectivity index is 1.70. The van der Waals surface area contributed by atoms with Crippen molar-refractivity contribution in [1.82, 2.24) is 15.1 Å². The second-order valence-electron chi connectivity index (χ2n) is 8.01. The zero-order chi connectivity index (χ0) is 21.0. The maximum atomic E-state index is 12.5. The average molecular weight is 393 g/mol. The Labute approximate surface area is 170 Å². The molecule has 152 valence electrons. The maximum absolute atomic E-state index is 12.5. The Morgan fingerprint density at radius 3 is 2.48 bits per heavy atom. The number of nitriles is 1. The topological polar surface area (TPSA) is 114 Å². The van der Waals surface area contributed by atoms with Crippen molar-refractivity contribution in [2.45, 2.75) is 63.6 Å². The van der Waals surface area contributed by atoms with Crippen molar-refractivity contribution in [3.05, 3.63) is 52.3 Å². The zero-order valence-corrected chi connectivity index (χ0v) is 16.9. The second kappa shape index (κ2) is 8.58. The van der Waals surface area contributed by atoms with E-state index in [9.17, 15) is 14.9 Å². The van der Waals surface area contributed by atoms with E-state index in [4.69, 9.17) is 5.73 Å². The van der Waals surface area contributed by atoms with Crippen LogP contribution >= 0.6 is 0 Å². The lowest BCUT2D eigenvalue weighted by Gasteiger charge is -2.24. The van der Waals surface area contributed by atoms with E-state index < -0.39 is 11.6 Å². The summed E-state index contributed by atoms with van der Waals surface area (Å²) in [6, 6.07) is 12.4. The highest BCUT2D eigenvalue weighted by Crippen LogP contribution is 2.27. The molecule has 3 rings (SSSR count). The zero-order valence-electron chi connectivity index (χ0n) is 16.9. The predicted molar refractivity (Wildman–Crippen MR) is 111 cm³/mol. The van der Waals surface area contributed by atoms with Crippen LogP contribution in [0.2, 0.25) is 0 Å². The molecule has 1 aliphatic carbocycles. The minimum Gasteiger partial charge on any atom is -0.338 e. The van der Waals surface area contributed by atoms with E-state index in [1.165, 1.54) is 10.7 Å². The third-order valence-corrected chi connectivity index (χ3v) is 5.41. The molecule has 7 heteroatoms. The van der Waals surface area contributed by atoms with Gasteiger partial charge in [0.1, 0.15) is 6.04 Å². The summed E-state index contributed by atoms with van der Waals surface area (Å²) in [5.41, 5.74) is 7.72. The van der Waals surface area contributed by atoms with Crippen molar-refractivity contribution in [3.8, 4) is 17.3 Å². The molecule has 1 saturated carbocycles. The van der Waals surface area contributed by atoms with Gasteiger partial charge in [-0.2, -0.15) is 10.4 Å². The largest absolute Gasteiger partial charge is 0.338 e. The molecule has 0 aliphatic heterocycles. The third-order valence-electron chi connectivity index (χ3n) is 5.41. The second-order valence-corrected chi connectivity index (χ2v) is 8.01. The third kappa shape index (κ3) is 4.72. The smallest absolute Gasteiger partial charge is 0.267 e. The minimum atomic E-state index is -0.843. The molecule has 1 aromatic carbocycles. The van der Waals surface area contributed by atoms with Gasteiger partial charge in [-0.05, 0) is 38.3 Å². The van der Waals surface area contributed by atoms with Crippen molar-refractivity contribution in [2.75, 3.05) is 0 Å². The number of hydrogen-bond donors (Lipinski definition) is 2. The van der Waals surface area contributed by atoms with E-state index in [0.29, 0.717) is 25.0 Å². The fourth-order valence-electron chi connectivity index (χ4n) is 3.66. The van der Waals surface area contributed by atoms with E-state index in [1.54, 1.807) is 6.07 Å². The van der Waals surface area contributed by atoms with Gasteiger partial charge in [0.2, 0.25) is 5.91 Å². The molecule has 0 unspecified atom stereocenters. The molecule has 0 spiro atoms. The van der Waals surface area contributed by atoms with Gasteiger partial charge in [-0.25, -0.2) is 4.68 Å². The van der Waals surface area contributed by atoms with Gasteiger partial charge >= 0.3 is 0 Å². The maximum Gasteiger partial charge on any atom is 0.267 e. The van der Waals surface area contributed by atoms with Crippen LogP contribution in [0.15, 0.2) is 41.2 Å². The normalized spacial score (nSPS) is 16.4. The van der Waals surface area contributed by atoms with Crippen molar-refractivity contribution < 1.29 is 4.79 Å². The average Bonchev–Trinajstić information content (AvgIpc) is 3.16. The number of carbonyl (C=O) groups is 1. The lowest BCUT2D eigenvalue weighted by atomic mass is 9.96. The molecule has 1 aromatic heterocycles. The SMILES string of the molecule is CC(C)n1nc(-c2ccc(C[C@@H](C#N)NC(=O)C3(N)CCCC3)cc2)ccc1=O. The first kappa shape index (κ1) is 20.7. The number of amides is 1. The summed E-state index contributed by atoms with van der Waals surface area (Å²) in [7, 11) is 0. The highest BCUT2D eigenvalue weighted by Gasteiger charge is 2.37. The summed E-state index contributed by atoms with van der Waals surface area (Å²) < 4.78 is 1.45. The number of hydrogen-bond acceptors (Lipinski definition) is 5. The molecular weight excluding hydrogens is 366 g/mol. The Morgan fingerprint density at radius 2 is 1.90 bits per heavy atom. The van der Waals surface area contributed by atoms with Crippen LogP contribution in [-0.2, 0) is 11.2 Å². The molecule has 0 bridgehead atoms. The molecule has 1 heterocycles. The lowest BCUT2D eigenvalue weighted by molar-refractivity contribution is -0.126. The minimum absolute atomic E-state index is 0.0209. The van der Waals surface area contributed by atoms with Crippen LogP contribution in [0.1, 0.15) is 51.1 Å². The van der Waals surface area contributed by atoms with Crippen molar-refractivity contribution in [3.63, 3.8) is 0 Å². The van der Waals surface area contributed by atoms with E-state index in [0.717, 1.165) is 24.0 Å². The molecule has 0 saturated heterocycles. The summed E-state index contributed by atoms with van der Waals surface area (Å²) in [6.45, 7) is 3.82. The van der Waals surface area contributed by atoms with E-state index in [1.807, 2.05) is 38.1 Å². The van der Waals surface area contributed by atoms with Gasteiger partial charge in [0.25, 0.3) is 5.56 Å². The molecule has 1 fully saturated rings. The molecule has 2 aromatic rings. The Hall–Kier alpha value is -2.98. The highest BCUT2D eigenvalue weighted by molar-refractivity contribution is 5.86. The van der Waals surface area contributed by atoms with Gasteiger partial charge in [0.15, 0.2) is 0 Å². The quantitative estimate of drug-likeness (QED) is 0.782. The molecular formula is C22H27N5O2. The van der Waals surface area contributed by atoms with Crippen LogP contribution in [0, 0.1) is 11.3 Å². The summed E-state index contributed by atoms with van der Waals surface area (Å²) in [5.74, 6) is -0.238. The monoisotopic (exact) mass is 393 g/mol. The first-order valence-electron chi connectivity index (χ1n) is 10.0. The van der Waals surface area contributed by atoms with Crippen LogP contribution in [0.5, 0.6) is 0 Å². The summed E-state index contributed by atoms with van der Waals surface area (Å²) in [6.07, 6.45) is 3.62. The summed E-state index contributed by atoms with van der Waals surface area (Å²) >= 11 is 0. The van der Waals surface area contributed by atoms with Gasteiger partial charge in [0, 0.05) is 18.1 Å². The molecule has 1 atom stereocenters. The van der Waals surface area contributed by atoms with Crippen LogP contribution in [0.3, 0.4) is 0 Å². The number of nitrogens with zero attached hydrogens (tertiary/aromatic N) is 3. The first-order chi connectivity index (χ1) is 13.8. The summed E-state index contributed by atoms with van der Waals surface area (Å²) in [5, 5.41) is 16.7. The fraction of sp³-hybridized carbons (Fsp3) is 0.455. The van der Waals surface area contributed by atoms with E-state index in [-0.39, 0.29) is 17.5 Å². The molecule has 1 amide bonds. The molecule has 7 nitrogen and oxygen atoms in total. The predicted octanol–water partition coefficient (Wildman–Crippen LogP) is 2.31. The number of aromatic nitrogens is 2. The van der Waals surface area contributed by atoms with Crippen molar-refractivity contribution in [2.24, 2.45) is 5.73 Å². The van der Waals surface area contributed by atoms with Gasteiger partial charge in [-0.15, -0.1) is 0 Å². The van der Waals surface area contributed by atoms with Crippen molar-refractivity contribution >= 4 is 5.91 Å². The number of nitrogens with one attached hydrogen (secondary N) is 1. The van der Waals surface area contributed by atoms with Crippen LogP contribution in [0.25, 0.3) is 11.3 Å². The van der Waals surface area contributed by atoms with E-state index in [2.05, 4.69) is 16.5 Å².